The molecule has 17 heavy (non-hydrogen) atoms. The molecule has 0 aliphatic rings. The Labute approximate surface area is 106 Å². The number of hydrogen-bond donors (Lipinski definition) is 1. The van der Waals surface area contributed by atoms with Crippen LogP contribution >= 0.6 is 11.3 Å². The summed E-state index contributed by atoms with van der Waals surface area (Å²) in [5.74, 6) is 0.914. The fourth-order valence-electron chi connectivity index (χ4n) is 1.88. The van der Waals surface area contributed by atoms with E-state index >= 15 is 0 Å². The number of aryl methyl sites for hydroxylation is 1. The van der Waals surface area contributed by atoms with Gasteiger partial charge in [0, 0.05) is 11.4 Å². The van der Waals surface area contributed by atoms with Crippen LogP contribution in [0, 0.1) is 6.92 Å². The van der Waals surface area contributed by atoms with Gasteiger partial charge in [0.2, 0.25) is 0 Å². The van der Waals surface area contributed by atoms with Crippen molar-refractivity contribution in [2.24, 2.45) is 0 Å². The molecule has 0 saturated heterocycles. The lowest BCUT2D eigenvalue weighted by molar-refractivity contribution is 0.414. The molecule has 0 radical (unpaired) electrons. The number of ether oxygens (including phenoxy) is 1. The first-order valence-corrected chi connectivity index (χ1v) is 6.49. The molecule has 0 bridgehead atoms. The highest BCUT2D eigenvalue weighted by atomic mass is 32.1. The van der Waals surface area contributed by atoms with E-state index in [9.17, 15) is 0 Å². The smallest absolute Gasteiger partial charge is 0.119 e. The van der Waals surface area contributed by atoms with Gasteiger partial charge in [-0.3, -0.25) is 0 Å². The van der Waals surface area contributed by atoms with E-state index in [2.05, 4.69) is 35.8 Å². The van der Waals surface area contributed by atoms with Gasteiger partial charge in [-0.05, 0) is 54.2 Å². The predicted molar refractivity (Wildman–Crippen MR) is 73.8 cm³/mol. The Morgan fingerprint density at radius 1 is 1.29 bits per heavy atom. The molecule has 2 nitrogen and oxygen atoms in total. The van der Waals surface area contributed by atoms with Crippen LogP contribution in [-0.2, 0) is 6.54 Å². The Morgan fingerprint density at radius 3 is 2.76 bits per heavy atom. The Morgan fingerprint density at radius 2 is 2.12 bits per heavy atom. The maximum atomic E-state index is 5.22. The number of hydrogen-bond acceptors (Lipinski definition) is 3. The molecule has 0 fully saturated rings. The van der Waals surface area contributed by atoms with Gasteiger partial charge in [0.25, 0.3) is 0 Å². The van der Waals surface area contributed by atoms with Gasteiger partial charge in [0.1, 0.15) is 5.75 Å². The van der Waals surface area contributed by atoms with Gasteiger partial charge in [-0.25, -0.2) is 0 Å². The number of nitrogens with one attached hydrogen (secondary N) is 1. The third-order valence-electron chi connectivity index (χ3n) is 2.75. The van der Waals surface area contributed by atoms with Crippen LogP contribution in [0.1, 0.15) is 10.4 Å². The number of methoxy groups -OCH3 is 1. The maximum absolute atomic E-state index is 5.22. The van der Waals surface area contributed by atoms with E-state index in [0.29, 0.717) is 0 Å². The average molecular weight is 247 g/mol. The van der Waals surface area contributed by atoms with Gasteiger partial charge in [-0.2, -0.15) is 0 Å². The topological polar surface area (TPSA) is 21.3 Å². The first-order valence-electron chi connectivity index (χ1n) is 5.61. The van der Waals surface area contributed by atoms with Gasteiger partial charge in [0.05, 0.1) is 7.11 Å². The summed E-state index contributed by atoms with van der Waals surface area (Å²) in [6.45, 7) is 3.05. The molecule has 0 aliphatic heterocycles. The van der Waals surface area contributed by atoms with Crippen LogP contribution in [-0.4, -0.2) is 14.2 Å². The number of rotatable bonds is 4. The summed E-state index contributed by atoms with van der Waals surface area (Å²) in [5, 5.41) is 5.38. The SMILES string of the molecule is CNCc1cc(-c2ccc(OC)cc2C)cs1. The lowest BCUT2D eigenvalue weighted by atomic mass is 10.0. The zero-order valence-corrected chi connectivity index (χ0v) is 11.2. The Bertz CT molecular complexity index is 505. The van der Waals surface area contributed by atoms with Crippen molar-refractivity contribution in [2.45, 2.75) is 13.5 Å². The van der Waals surface area contributed by atoms with Gasteiger partial charge < -0.3 is 10.1 Å². The van der Waals surface area contributed by atoms with Crippen molar-refractivity contribution in [3.63, 3.8) is 0 Å². The molecule has 2 aromatic rings. The second-order valence-electron chi connectivity index (χ2n) is 4.01. The normalized spacial score (nSPS) is 10.5. The Kier molecular flexibility index (Phi) is 3.82. The quantitative estimate of drug-likeness (QED) is 0.893. The molecular formula is C14H17NOS. The van der Waals surface area contributed by atoms with Crippen molar-refractivity contribution in [1.29, 1.82) is 0 Å². The van der Waals surface area contributed by atoms with Crippen molar-refractivity contribution in [2.75, 3.05) is 14.2 Å². The summed E-state index contributed by atoms with van der Waals surface area (Å²) < 4.78 is 5.22. The van der Waals surface area contributed by atoms with E-state index in [-0.39, 0.29) is 0 Å². The van der Waals surface area contributed by atoms with Crippen molar-refractivity contribution in [3.05, 3.63) is 40.1 Å². The highest BCUT2D eigenvalue weighted by Gasteiger charge is 2.06. The maximum Gasteiger partial charge on any atom is 0.119 e. The third kappa shape index (κ3) is 2.68. The number of thiophene rings is 1. The van der Waals surface area contributed by atoms with Gasteiger partial charge in [-0.15, -0.1) is 11.3 Å². The highest BCUT2D eigenvalue weighted by molar-refractivity contribution is 7.10. The van der Waals surface area contributed by atoms with Gasteiger partial charge in [-0.1, -0.05) is 6.07 Å². The molecule has 0 amide bonds. The van der Waals surface area contributed by atoms with Crippen LogP contribution in [0.4, 0.5) is 0 Å². The van der Waals surface area contributed by atoms with E-state index in [1.54, 1.807) is 18.4 Å². The van der Waals surface area contributed by atoms with Crippen LogP contribution in [0.2, 0.25) is 0 Å². The summed E-state index contributed by atoms with van der Waals surface area (Å²) in [5.41, 5.74) is 3.82. The molecule has 0 saturated carbocycles. The van der Waals surface area contributed by atoms with Crippen molar-refractivity contribution >= 4 is 11.3 Å². The van der Waals surface area contributed by atoms with Crippen LogP contribution in [0.5, 0.6) is 5.75 Å². The lowest BCUT2D eigenvalue weighted by Crippen LogP contribution is -2.02. The standard InChI is InChI=1S/C14H17NOS/c1-10-6-12(16-3)4-5-14(10)11-7-13(8-15-2)17-9-11/h4-7,9,15H,8H2,1-3H3. The van der Waals surface area contributed by atoms with Crippen LogP contribution < -0.4 is 10.1 Å². The molecule has 1 N–H and O–H groups in total. The van der Waals surface area contributed by atoms with E-state index in [1.807, 2.05) is 13.1 Å². The molecule has 2 rings (SSSR count). The summed E-state index contributed by atoms with van der Waals surface area (Å²) in [6, 6.07) is 8.46. The average Bonchev–Trinajstić information content (AvgIpc) is 2.78. The van der Waals surface area contributed by atoms with Crippen LogP contribution in [0.25, 0.3) is 11.1 Å². The van der Waals surface area contributed by atoms with Crippen molar-refractivity contribution in [3.8, 4) is 16.9 Å². The molecule has 1 aromatic heterocycles. The van der Waals surface area contributed by atoms with E-state index in [1.165, 1.54) is 21.6 Å². The monoisotopic (exact) mass is 247 g/mol. The Hall–Kier alpha value is -1.32. The van der Waals surface area contributed by atoms with E-state index in [4.69, 9.17) is 4.74 Å². The molecule has 0 spiro atoms. The third-order valence-corrected chi connectivity index (χ3v) is 3.69. The summed E-state index contributed by atoms with van der Waals surface area (Å²) in [7, 11) is 3.67. The van der Waals surface area contributed by atoms with Crippen molar-refractivity contribution < 1.29 is 4.74 Å². The lowest BCUT2D eigenvalue weighted by Gasteiger charge is -2.06. The molecule has 0 unspecified atom stereocenters. The second-order valence-corrected chi connectivity index (χ2v) is 5.01. The van der Waals surface area contributed by atoms with Crippen molar-refractivity contribution in [1.82, 2.24) is 5.32 Å². The van der Waals surface area contributed by atoms with E-state index in [0.717, 1.165) is 12.3 Å². The van der Waals surface area contributed by atoms with Gasteiger partial charge in [0.15, 0.2) is 0 Å². The first kappa shape index (κ1) is 12.1. The molecule has 3 heteroatoms. The fraction of sp³-hybridized carbons (Fsp3) is 0.286. The minimum Gasteiger partial charge on any atom is -0.497 e. The van der Waals surface area contributed by atoms with Gasteiger partial charge >= 0.3 is 0 Å². The second kappa shape index (κ2) is 5.34. The van der Waals surface area contributed by atoms with E-state index < -0.39 is 0 Å². The predicted octanol–water partition coefficient (Wildman–Crippen LogP) is 3.45. The van der Waals surface area contributed by atoms with Crippen LogP contribution in [0.15, 0.2) is 29.6 Å². The fourth-order valence-corrected chi connectivity index (χ4v) is 2.77. The first-order chi connectivity index (χ1) is 8.24. The molecule has 90 valence electrons. The zero-order valence-electron chi connectivity index (χ0n) is 10.4. The number of benzene rings is 1. The molecule has 1 aromatic carbocycles. The minimum absolute atomic E-state index is 0.914. The molecule has 0 atom stereocenters. The molecule has 0 aliphatic carbocycles. The zero-order chi connectivity index (χ0) is 12.3. The summed E-state index contributed by atoms with van der Waals surface area (Å²) in [6.07, 6.45) is 0. The van der Waals surface area contributed by atoms with Crippen LogP contribution in [0.3, 0.4) is 0 Å². The Balaban J connectivity index is 2.32. The summed E-state index contributed by atoms with van der Waals surface area (Å²) >= 11 is 1.79. The largest absolute Gasteiger partial charge is 0.497 e. The minimum atomic E-state index is 0.914. The summed E-state index contributed by atoms with van der Waals surface area (Å²) in [4.78, 5) is 1.36. The molecular weight excluding hydrogens is 230 g/mol. The highest BCUT2D eigenvalue weighted by Crippen LogP contribution is 2.30. The molecule has 1 heterocycles.